The highest BCUT2D eigenvalue weighted by molar-refractivity contribution is 5.89. The van der Waals surface area contributed by atoms with Crippen molar-refractivity contribution in [2.24, 2.45) is 0 Å². The van der Waals surface area contributed by atoms with Crippen LogP contribution in [0.4, 0.5) is 5.69 Å². The summed E-state index contributed by atoms with van der Waals surface area (Å²) in [6, 6.07) is 12.0. The number of carbonyl (C=O) groups excluding carboxylic acids is 1. The quantitative estimate of drug-likeness (QED) is 0.645. The van der Waals surface area contributed by atoms with E-state index in [4.69, 9.17) is 19.9 Å². The van der Waals surface area contributed by atoms with Gasteiger partial charge in [0, 0.05) is 18.2 Å². The van der Waals surface area contributed by atoms with E-state index in [0.717, 1.165) is 5.56 Å². The van der Waals surface area contributed by atoms with Gasteiger partial charge in [-0.25, -0.2) is 4.79 Å². The van der Waals surface area contributed by atoms with Crippen molar-refractivity contribution in [2.45, 2.75) is 12.5 Å². The highest BCUT2D eigenvalue weighted by atomic mass is 16.7. The Hall–Kier alpha value is -2.73. The maximum absolute atomic E-state index is 11.8. The molecule has 0 aromatic heterocycles. The van der Waals surface area contributed by atoms with E-state index in [1.165, 1.54) is 0 Å². The Labute approximate surface area is 133 Å². The molecule has 0 saturated carbocycles. The first kappa shape index (κ1) is 15.2. The third-order valence-electron chi connectivity index (χ3n) is 3.51. The van der Waals surface area contributed by atoms with Gasteiger partial charge in [-0.1, -0.05) is 18.2 Å². The molecule has 0 amide bonds. The Morgan fingerprint density at radius 2 is 1.91 bits per heavy atom. The molecule has 3 N–H and O–H groups in total. The van der Waals surface area contributed by atoms with Gasteiger partial charge in [-0.3, -0.25) is 0 Å². The second-order valence-corrected chi connectivity index (χ2v) is 5.23. The molecule has 0 unspecified atom stereocenters. The predicted molar refractivity (Wildman–Crippen MR) is 83.4 cm³/mol. The van der Waals surface area contributed by atoms with Gasteiger partial charge in [0.15, 0.2) is 11.5 Å². The van der Waals surface area contributed by atoms with Crippen molar-refractivity contribution in [3.8, 4) is 11.5 Å². The second kappa shape index (κ2) is 6.58. The molecular weight excluding hydrogens is 298 g/mol. The number of anilines is 1. The maximum Gasteiger partial charge on any atom is 0.338 e. The van der Waals surface area contributed by atoms with E-state index in [1.807, 2.05) is 6.07 Å². The van der Waals surface area contributed by atoms with Crippen molar-refractivity contribution in [2.75, 3.05) is 19.1 Å². The Morgan fingerprint density at radius 1 is 1.22 bits per heavy atom. The lowest BCUT2D eigenvalue weighted by Gasteiger charge is -2.13. The summed E-state index contributed by atoms with van der Waals surface area (Å²) in [4.78, 5) is 11.8. The Bertz CT molecular complexity index is 702. The van der Waals surface area contributed by atoms with Crippen molar-refractivity contribution in [3.05, 3.63) is 53.6 Å². The average molecular weight is 315 g/mol. The fourth-order valence-electron chi connectivity index (χ4n) is 2.32. The minimum atomic E-state index is -0.856. The number of hydrogen-bond donors (Lipinski definition) is 2. The van der Waals surface area contributed by atoms with Gasteiger partial charge < -0.3 is 25.1 Å². The number of benzene rings is 2. The molecule has 0 radical (unpaired) electrons. The highest BCUT2D eigenvalue weighted by Crippen LogP contribution is 2.36. The van der Waals surface area contributed by atoms with Crippen LogP contribution in [0.15, 0.2) is 42.5 Å². The molecule has 23 heavy (non-hydrogen) atoms. The summed E-state index contributed by atoms with van der Waals surface area (Å²) < 4.78 is 15.6. The average Bonchev–Trinajstić information content (AvgIpc) is 3.01. The third-order valence-corrected chi connectivity index (χ3v) is 3.51. The smallest absolute Gasteiger partial charge is 0.338 e. The molecule has 2 aromatic carbocycles. The summed E-state index contributed by atoms with van der Waals surface area (Å²) in [5, 5.41) is 10.1. The highest BCUT2D eigenvalue weighted by Gasteiger charge is 2.18. The number of nitrogens with two attached hydrogens (primary N) is 1. The van der Waals surface area contributed by atoms with E-state index in [9.17, 15) is 9.90 Å². The van der Waals surface area contributed by atoms with Crippen molar-refractivity contribution in [3.63, 3.8) is 0 Å². The van der Waals surface area contributed by atoms with Crippen LogP contribution < -0.4 is 15.2 Å². The van der Waals surface area contributed by atoms with E-state index >= 15 is 0 Å². The fraction of sp³-hybridized carbons (Fsp3) is 0.235. The van der Waals surface area contributed by atoms with E-state index in [2.05, 4.69) is 0 Å². The number of nitrogen functional groups attached to an aromatic ring is 1. The third kappa shape index (κ3) is 3.54. The summed E-state index contributed by atoms with van der Waals surface area (Å²) in [6.07, 6.45) is -0.602. The molecule has 1 aliphatic rings. The zero-order valence-corrected chi connectivity index (χ0v) is 12.4. The van der Waals surface area contributed by atoms with Gasteiger partial charge in [0.2, 0.25) is 6.79 Å². The number of carbonyl (C=O) groups is 1. The molecule has 0 aliphatic carbocycles. The Morgan fingerprint density at radius 3 is 2.65 bits per heavy atom. The van der Waals surface area contributed by atoms with Gasteiger partial charge in [-0.2, -0.15) is 0 Å². The summed E-state index contributed by atoms with van der Waals surface area (Å²) in [6.45, 7) is 0.0527. The molecular formula is C17H17NO5. The SMILES string of the molecule is Nc1cc2c(cc1C[C@@H](O)COC(=O)c1ccccc1)OCO2. The first-order valence-electron chi connectivity index (χ1n) is 7.21. The summed E-state index contributed by atoms with van der Waals surface area (Å²) in [7, 11) is 0. The van der Waals surface area contributed by atoms with Crippen LogP contribution in [0.25, 0.3) is 0 Å². The lowest BCUT2D eigenvalue weighted by molar-refractivity contribution is 0.0259. The van der Waals surface area contributed by atoms with Gasteiger partial charge in [-0.05, 0) is 23.8 Å². The molecule has 120 valence electrons. The largest absolute Gasteiger partial charge is 0.459 e. The lowest BCUT2D eigenvalue weighted by Crippen LogP contribution is -2.21. The van der Waals surface area contributed by atoms with Crippen LogP contribution in [-0.2, 0) is 11.2 Å². The number of rotatable bonds is 5. The van der Waals surface area contributed by atoms with Crippen molar-refractivity contribution >= 4 is 11.7 Å². The molecule has 3 rings (SSSR count). The van der Waals surface area contributed by atoms with Crippen molar-refractivity contribution in [1.29, 1.82) is 0 Å². The number of ether oxygens (including phenoxy) is 3. The van der Waals surface area contributed by atoms with Crippen LogP contribution in [0.5, 0.6) is 11.5 Å². The van der Waals surface area contributed by atoms with Crippen molar-refractivity contribution in [1.82, 2.24) is 0 Å². The zero-order chi connectivity index (χ0) is 16.2. The van der Waals surface area contributed by atoms with Gasteiger partial charge in [0.25, 0.3) is 0 Å². The van der Waals surface area contributed by atoms with E-state index in [0.29, 0.717) is 22.7 Å². The normalized spacial score (nSPS) is 13.6. The lowest BCUT2D eigenvalue weighted by atomic mass is 10.1. The first-order valence-corrected chi connectivity index (χ1v) is 7.21. The molecule has 0 fully saturated rings. The summed E-state index contributed by atoms with van der Waals surface area (Å²) >= 11 is 0. The molecule has 1 atom stereocenters. The van der Waals surface area contributed by atoms with Crippen molar-refractivity contribution < 1.29 is 24.1 Å². The molecule has 0 spiro atoms. The first-order chi connectivity index (χ1) is 11.1. The van der Waals surface area contributed by atoms with E-state index < -0.39 is 12.1 Å². The number of fused-ring (bicyclic) bond motifs is 1. The number of aliphatic hydroxyl groups excluding tert-OH is 1. The minimum Gasteiger partial charge on any atom is -0.459 e. The van der Waals surface area contributed by atoms with Gasteiger partial charge in [0.05, 0.1) is 11.7 Å². The Kier molecular flexibility index (Phi) is 4.34. The molecule has 1 aliphatic heterocycles. The van der Waals surface area contributed by atoms with Gasteiger partial charge >= 0.3 is 5.97 Å². The number of hydrogen-bond acceptors (Lipinski definition) is 6. The summed E-state index contributed by atoms with van der Waals surface area (Å²) in [5.41, 5.74) is 7.60. The number of esters is 1. The number of aliphatic hydroxyl groups is 1. The predicted octanol–water partition coefficient (Wildman–Crippen LogP) is 1.76. The molecule has 6 heteroatoms. The molecule has 0 bridgehead atoms. The Balaban J connectivity index is 1.57. The topological polar surface area (TPSA) is 91.0 Å². The van der Waals surface area contributed by atoms with E-state index in [1.54, 1.807) is 36.4 Å². The van der Waals surface area contributed by atoms with Crippen LogP contribution in [-0.4, -0.2) is 30.6 Å². The van der Waals surface area contributed by atoms with Crippen LogP contribution >= 0.6 is 0 Å². The van der Waals surface area contributed by atoms with Gasteiger partial charge in [0.1, 0.15) is 6.61 Å². The molecule has 0 saturated heterocycles. The van der Waals surface area contributed by atoms with Crippen LogP contribution in [0.3, 0.4) is 0 Å². The van der Waals surface area contributed by atoms with Gasteiger partial charge in [-0.15, -0.1) is 0 Å². The monoisotopic (exact) mass is 315 g/mol. The molecule has 2 aromatic rings. The maximum atomic E-state index is 11.8. The van der Waals surface area contributed by atoms with Crippen LogP contribution in [0, 0.1) is 0 Å². The molecule has 1 heterocycles. The minimum absolute atomic E-state index is 0.110. The zero-order valence-electron chi connectivity index (χ0n) is 12.4. The van der Waals surface area contributed by atoms with Crippen LogP contribution in [0.1, 0.15) is 15.9 Å². The molecule has 6 nitrogen and oxygen atoms in total. The van der Waals surface area contributed by atoms with E-state index in [-0.39, 0.29) is 19.8 Å². The summed E-state index contributed by atoms with van der Waals surface area (Å²) in [5.74, 6) is 0.724. The second-order valence-electron chi connectivity index (χ2n) is 5.23. The fourth-order valence-corrected chi connectivity index (χ4v) is 2.32. The van der Waals surface area contributed by atoms with Crippen LogP contribution in [0.2, 0.25) is 0 Å². The standard InChI is InChI=1S/C17H17NO5/c18-14-8-16-15(22-10-23-16)7-12(14)6-13(19)9-21-17(20)11-4-2-1-3-5-11/h1-5,7-8,13,19H,6,9-10,18H2/t13-/m1/s1.